The van der Waals surface area contributed by atoms with Gasteiger partial charge in [0.25, 0.3) is 5.91 Å². The Morgan fingerprint density at radius 2 is 1.85 bits per heavy atom. The number of nitrogens with one attached hydrogen (secondary N) is 2. The SMILES string of the molecule is O=C(NCCc1ccccc1)c1cc(Cl)sc1NC(=O)C1CCCCC1. The highest BCUT2D eigenvalue weighted by atomic mass is 35.5. The van der Waals surface area contributed by atoms with E-state index < -0.39 is 0 Å². The van der Waals surface area contributed by atoms with Crippen molar-refractivity contribution >= 4 is 39.8 Å². The van der Waals surface area contributed by atoms with Crippen molar-refractivity contribution in [3.05, 3.63) is 51.9 Å². The topological polar surface area (TPSA) is 58.2 Å². The summed E-state index contributed by atoms with van der Waals surface area (Å²) in [7, 11) is 0. The second kappa shape index (κ2) is 9.19. The summed E-state index contributed by atoms with van der Waals surface area (Å²) in [6.45, 7) is 0.534. The smallest absolute Gasteiger partial charge is 0.254 e. The largest absolute Gasteiger partial charge is 0.352 e. The molecule has 0 saturated heterocycles. The highest BCUT2D eigenvalue weighted by molar-refractivity contribution is 7.20. The van der Waals surface area contributed by atoms with Gasteiger partial charge in [0.1, 0.15) is 5.00 Å². The number of benzene rings is 1. The molecule has 138 valence electrons. The molecule has 0 radical (unpaired) electrons. The highest BCUT2D eigenvalue weighted by Gasteiger charge is 2.24. The molecule has 3 rings (SSSR count). The van der Waals surface area contributed by atoms with E-state index in [4.69, 9.17) is 11.6 Å². The number of carbonyl (C=O) groups is 2. The van der Waals surface area contributed by atoms with Crippen molar-refractivity contribution in [2.24, 2.45) is 5.92 Å². The van der Waals surface area contributed by atoms with Gasteiger partial charge < -0.3 is 10.6 Å². The molecule has 2 aromatic rings. The molecular weight excluding hydrogens is 368 g/mol. The third-order valence-corrected chi connectivity index (χ3v) is 5.88. The Hall–Kier alpha value is -1.85. The predicted octanol–water partition coefficient (Wildman–Crippen LogP) is 4.89. The fourth-order valence-corrected chi connectivity index (χ4v) is 4.39. The van der Waals surface area contributed by atoms with Crippen LogP contribution in [-0.2, 0) is 11.2 Å². The molecule has 0 bridgehead atoms. The lowest BCUT2D eigenvalue weighted by Crippen LogP contribution is -2.28. The summed E-state index contributed by atoms with van der Waals surface area (Å²) in [6, 6.07) is 11.6. The zero-order chi connectivity index (χ0) is 18.4. The average molecular weight is 391 g/mol. The minimum absolute atomic E-state index is 0.00144. The van der Waals surface area contributed by atoms with Crippen LogP contribution in [0.5, 0.6) is 0 Å². The molecule has 4 nitrogen and oxygen atoms in total. The third kappa shape index (κ3) is 5.08. The molecule has 0 unspecified atom stereocenters. The first-order valence-corrected chi connectivity index (χ1v) is 10.3. The molecule has 1 aromatic carbocycles. The molecule has 1 fully saturated rings. The van der Waals surface area contributed by atoms with E-state index in [1.54, 1.807) is 6.07 Å². The lowest BCUT2D eigenvalue weighted by molar-refractivity contribution is -0.120. The van der Waals surface area contributed by atoms with Gasteiger partial charge in [-0.3, -0.25) is 9.59 Å². The summed E-state index contributed by atoms with van der Waals surface area (Å²) in [6.07, 6.45) is 5.98. The Kier molecular flexibility index (Phi) is 6.69. The van der Waals surface area contributed by atoms with Crippen LogP contribution in [0.15, 0.2) is 36.4 Å². The fourth-order valence-electron chi connectivity index (χ4n) is 3.26. The molecular formula is C20H23ClN2O2S. The third-order valence-electron chi connectivity index (χ3n) is 4.70. The second-order valence-electron chi connectivity index (χ2n) is 6.61. The van der Waals surface area contributed by atoms with E-state index in [9.17, 15) is 9.59 Å². The summed E-state index contributed by atoms with van der Waals surface area (Å²) in [5.74, 6) is -0.164. The minimum atomic E-state index is -0.206. The zero-order valence-corrected chi connectivity index (χ0v) is 16.2. The van der Waals surface area contributed by atoms with Crippen LogP contribution >= 0.6 is 22.9 Å². The lowest BCUT2D eigenvalue weighted by atomic mass is 9.89. The Labute approximate surface area is 162 Å². The predicted molar refractivity (Wildman–Crippen MR) is 107 cm³/mol. The van der Waals surface area contributed by atoms with Gasteiger partial charge in [0.05, 0.1) is 9.90 Å². The summed E-state index contributed by atoms with van der Waals surface area (Å²) < 4.78 is 0.497. The van der Waals surface area contributed by atoms with Gasteiger partial charge in [0.2, 0.25) is 5.91 Å². The monoisotopic (exact) mass is 390 g/mol. The van der Waals surface area contributed by atoms with Crippen LogP contribution < -0.4 is 10.6 Å². The number of halogens is 1. The normalized spacial score (nSPS) is 14.8. The van der Waals surface area contributed by atoms with Crippen LogP contribution in [-0.4, -0.2) is 18.4 Å². The standard InChI is InChI=1S/C20H23ClN2O2S/c21-17-13-16(19(25)22-12-11-14-7-3-1-4-8-14)20(26-17)23-18(24)15-9-5-2-6-10-15/h1,3-4,7-8,13,15H,2,5-6,9-12H2,(H,22,25)(H,23,24). The number of anilines is 1. The Morgan fingerprint density at radius 3 is 2.58 bits per heavy atom. The van der Waals surface area contributed by atoms with Gasteiger partial charge in [0.15, 0.2) is 0 Å². The molecule has 2 N–H and O–H groups in total. The number of hydrogen-bond donors (Lipinski definition) is 2. The minimum Gasteiger partial charge on any atom is -0.352 e. The molecule has 1 aromatic heterocycles. The van der Waals surface area contributed by atoms with E-state index in [-0.39, 0.29) is 17.7 Å². The Bertz CT molecular complexity index is 754. The van der Waals surface area contributed by atoms with E-state index in [0.29, 0.717) is 21.4 Å². The quantitative estimate of drug-likeness (QED) is 0.737. The van der Waals surface area contributed by atoms with Crippen molar-refractivity contribution in [1.29, 1.82) is 0 Å². The number of thiophene rings is 1. The molecule has 26 heavy (non-hydrogen) atoms. The molecule has 0 aliphatic heterocycles. The number of amides is 2. The van der Waals surface area contributed by atoms with Crippen LogP contribution in [0.25, 0.3) is 0 Å². The van der Waals surface area contributed by atoms with E-state index in [0.717, 1.165) is 32.1 Å². The molecule has 6 heteroatoms. The van der Waals surface area contributed by atoms with Gasteiger partial charge in [-0.05, 0) is 30.9 Å². The molecule has 1 aliphatic carbocycles. The molecule has 1 aliphatic rings. The molecule has 1 saturated carbocycles. The van der Waals surface area contributed by atoms with Gasteiger partial charge in [-0.2, -0.15) is 0 Å². The van der Waals surface area contributed by atoms with E-state index in [1.807, 2.05) is 30.3 Å². The van der Waals surface area contributed by atoms with Crippen molar-refractivity contribution < 1.29 is 9.59 Å². The van der Waals surface area contributed by atoms with Crippen molar-refractivity contribution in [2.45, 2.75) is 38.5 Å². The molecule has 2 amide bonds. The van der Waals surface area contributed by atoms with E-state index >= 15 is 0 Å². The van der Waals surface area contributed by atoms with Crippen molar-refractivity contribution in [3.8, 4) is 0 Å². The summed E-state index contributed by atoms with van der Waals surface area (Å²) in [5.41, 5.74) is 1.61. The first-order valence-electron chi connectivity index (χ1n) is 9.06. The van der Waals surface area contributed by atoms with Gasteiger partial charge in [-0.25, -0.2) is 0 Å². The highest BCUT2D eigenvalue weighted by Crippen LogP contribution is 2.33. The van der Waals surface area contributed by atoms with Gasteiger partial charge in [-0.15, -0.1) is 11.3 Å². The van der Waals surface area contributed by atoms with Gasteiger partial charge in [-0.1, -0.05) is 61.2 Å². The Morgan fingerprint density at radius 1 is 1.12 bits per heavy atom. The zero-order valence-electron chi connectivity index (χ0n) is 14.6. The molecule has 1 heterocycles. The van der Waals surface area contributed by atoms with Crippen molar-refractivity contribution in [2.75, 3.05) is 11.9 Å². The average Bonchev–Trinajstić information content (AvgIpc) is 3.03. The van der Waals surface area contributed by atoms with Crippen LogP contribution in [0.2, 0.25) is 4.34 Å². The molecule has 0 atom stereocenters. The van der Waals surface area contributed by atoms with Crippen LogP contribution in [0.1, 0.15) is 48.0 Å². The number of carbonyl (C=O) groups excluding carboxylic acids is 2. The first kappa shape index (κ1) is 18.9. The maximum absolute atomic E-state index is 12.5. The van der Waals surface area contributed by atoms with E-state index in [2.05, 4.69) is 10.6 Å². The number of rotatable bonds is 6. The second-order valence-corrected chi connectivity index (χ2v) is 8.29. The Balaban J connectivity index is 1.58. The first-order chi connectivity index (χ1) is 12.6. The van der Waals surface area contributed by atoms with Crippen molar-refractivity contribution in [3.63, 3.8) is 0 Å². The molecule has 0 spiro atoms. The summed E-state index contributed by atoms with van der Waals surface area (Å²) >= 11 is 7.33. The maximum Gasteiger partial charge on any atom is 0.254 e. The van der Waals surface area contributed by atoms with Crippen LogP contribution in [0.4, 0.5) is 5.00 Å². The van der Waals surface area contributed by atoms with Crippen molar-refractivity contribution in [1.82, 2.24) is 5.32 Å². The van der Waals surface area contributed by atoms with Crippen LogP contribution in [0, 0.1) is 5.92 Å². The summed E-state index contributed by atoms with van der Waals surface area (Å²) in [5, 5.41) is 6.38. The lowest BCUT2D eigenvalue weighted by Gasteiger charge is -2.20. The maximum atomic E-state index is 12.5. The number of hydrogen-bond acceptors (Lipinski definition) is 3. The summed E-state index contributed by atoms with van der Waals surface area (Å²) in [4.78, 5) is 25.0. The van der Waals surface area contributed by atoms with Gasteiger partial charge in [0, 0.05) is 12.5 Å². The fraction of sp³-hybridized carbons (Fsp3) is 0.400. The van der Waals surface area contributed by atoms with Crippen LogP contribution in [0.3, 0.4) is 0 Å². The van der Waals surface area contributed by atoms with E-state index in [1.165, 1.54) is 23.3 Å². The van der Waals surface area contributed by atoms with Gasteiger partial charge >= 0.3 is 0 Å².